The smallest absolute Gasteiger partial charge is 0.141 e. The van der Waals surface area contributed by atoms with Gasteiger partial charge in [0.05, 0.1) is 12.8 Å². The van der Waals surface area contributed by atoms with Crippen LogP contribution < -0.4 is 15.4 Å². The first-order valence-electron chi connectivity index (χ1n) is 6.50. The summed E-state index contributed by atoms with van der Waals surface area (Å²) in [6, 6.07) is 8.67. The van der Waals surface area contributed by atoms with Crippen LogP contribution in [0.2, 0.25) is 0 Å². The second-order valence-corrected chi connectivity index (χ2v) is 4.58. The first kappa shape index (κ1) is 12.2. The van der Waals surface area contributed by atoms with Gasteiger partial charge >= 0.3 is 0 Å². The van der Waals surface area contributed by atoms with Gasteiger partial charge in [0, 0.05) is 12.6 Å². The Morgan fingerprint density at radius 2 is 2.18 bits per heavy atom. The molecule has 1 aliphatic rings. The van der Waals surface area contributed by atoms with Crippen molar-refractivity contribution in [3.8, 4) is 5.75 Å². The number of anilines is 1. The molecule has 0 saturated carbocycles. The van der Waals surface area contributed by atoms with Crippen LogP contribution in [0.1, 0.15) is 25.7 Å². The predicted molar refractivity (Wildman–Crippen MR) is 71.7 cm³/mol. The van der Waals surface area contributed by atoms with Crippen molar-refractivity contribution in [1.82, 2.24) is 5.32 Å². The SMILES string of the molecule is COc1ccccc1NCC1CCCCCN1. The minimum atomic E-state index is 0.586. The number of hydrogen-bond acceptors (Lipinski definition) is 3. The maximum Gasteiger partial charge on any atom is 0.141 e. The highest BCUT2D eigenvalue weighted by molar-refractivity contribution is 5.56. The number of methoxy groups -OCH3 is 1. The highest BCUT2D eigenvalue weighted by Gasteiger charge is 2.11. The van der Waals surface area contributed by atoms with Crippen LogP contribution in [0.5, 0.6) is 5.75 Å². The van der Waals surface area contributed by atoms with E-state index in [1.807, 2.05) is 18.2 Å². The number of nitrogens with one attached hydrogen (secondary N) is 2. The number of para-hydroxylation sites is 2. The van der Waals surface area contributed by atoms with E-state index in [0.29, 0.717) is 6.04 Å². The molecule has 1 heterocycles. The number of hydrogen-bond donors (Lipinski definition) is 2. The molecule has 0 radical (unpaired) electrons. The van der Waals surface area contributed by atoms with E-state index >= 15 is 0 Å². The summed E-state index contributed by atoms with van der Waals surface area (Å²) in [6.07, 6.45) is 5.27. The molecule has 1 aromatic carbocycles. The van der Waals surface area contributed by atoms with E-state index in [4.69, 9.17) is 4.74 Å². The summed E-state index contributed by atoms with van der Waals surface area (Å²) in [5, 5.41) is 7.06. The van der Waals surface area contributed by atoms with Crippen LogP contribution in [0.15, 0.2) is 24.3 Å². The molecular weight excluding hydrogens is 212 g/mol. The van der Waals surface area contributed by atoms with Gasteiger partial charge < -0.3 is 15.4 Å². The first-order valence-corrected chi connectivity index (χ1v) is 6.50. The zero-order valence-corrected chi connectivity index (χ0v) is 10.5. The Bertz CT molecular complexity index is 333. The molecule has 1 aromatic rings. The first-order chi connectivity index (χ1) is 8.40. The maximum absolute atomic E-state index is 5.33. The third kappa shape index (κ3) is 3.63. The van der Waals surface area contributed by atoms with E-state index in [2.05, 4.69) is 16.7 Å². The van der Waals surface area contributed by atoms with Gasteiger partial charge in [-0.15, -0.1) is 0 Å². The predicted octanol–water partition coefficient (Wildman–Crippen LogP) is 2.64. The number of benzene rings is 1. The highest BCUT2D eigenvalue weighted by atomic mass is 16.5. The summed E-state index contributed by atoms with van der Waals surface area (Å²) in [7, 11) is 1.71. The van der Waals surface area contributed by atoms with Gasteiger partial charge in [0.2, 0.25) is 0 Å². The summed E-state index contributed by atoms with van der Waals surface area (Å²) in [6.45, 7) is 2.12. The Hall–Kier alpha value is -1.22. The fraction of sp³-hybridized carbons (Fsp3) is 0.571. The third-order valence-electron chi connectivity index (χ3n) is 3.31. The number of rotatable bonds is 4. The second-order valence-electron chi connectivity index (χ2n) is 4.58. The van der Waals surface area contributed by atoms with Gasteiger partial charge in [0.25, 0.3) is 0 Å². The minimum absolute atomic E-state index is 0.586. The van der Waals surface area contributed by atoms with Crippen LogP contribution in [-0.2, 0) is 0 Å². The Kier molecular flexibility index (Phi) is 4.68. The third-order valence-corrected chi connectivity index (χ3v) is 3.31. The average molecular weight is 234 g/mol. The van der Waals surface area contributed by atoms with Crippen molar-refractivity contribution in [2.24, 2.45) is 0 Å². The molecule has 2 rings (SSSR count). The Balaban J connectivity index is 1.87. The van der Waals surface area contributed by atoms with E-state index in [-0.39, 0.29) is 0 Å². The van der Waals surface area contributed by atoms with Gasteiger partial charge in [-0.25, -0.2) is 0 Å². The molecule has 1 atom stereocenters. The standard InChI is InChI=1S/C14H22N2O/c1-17-14-9-5-4-8-13(14)16-11-12-7-3-2-6-10-15-12/h4-5,8-9,12,15-16H,2-3,6-7,10-11H2,1H3. The summed E-state index contributed by atoms with van der Waals surface area (Å²) >= 11 is 0. The van der Waals surface area contributed by atoms with Crippen LogP contribution >= 0.6 is 0 Å². The molecule has 1 aliphatic heterocycles. The minimum Gasteiger partial charge on any atom is -0.495 e. The van der Waals surface area contributed by atoms with Crippen molar-refractivity contribution in [2.75, 3.05) is 25.5 Å². The van der Waals surface area contributed by atoms with Gasteiger partial charge in [-0.05, 0) is 31.5 Å². The molecule has 17 heavy (non-hydrogen) atoms. The van der Waals surface area contributed by atoms with E-state index < -0.39 is 0 Å². The largest absolute Gasteiger partial charge is 0.495 e. The molecule has 94 valence electrons. The summed E-state index contributed by atoms with van der Waals surface area (Å²) in [5.41, 5.74) is 1.08. The summed E-state index contributed by atoms with van der Waals surface area (Å²) < 4.78 is 5.33. The highest BCUT2D eigenvalue weighted by Crippen LogP contribution is 2.23. The molecule has 3 heteroatoms. The molecule has 1 unspecified atom stereocenters. The molecule has 0 aliphatic carbocycles. The van der Waals surface area contributed by atoms with E-state index in [1.165, 1.54) is 25.7 Å². The van der Waals surface area contributed by atoms with E-state index in [9.17, 15) is 0 Å². The van der Waals surface area contributed by atoms with Gasteiger partial charge in [-0.2, -0.15) is 0 Å². The van der Waals surface area contributed by atoms with Gasteiger partial charge in [-0.3, -0.25) is 0 Å². The fourth-order valence-electron chi connectivity index (χ4n) is 2.30. The van der Waals surface area contributed by atoms with Crippen LogP contribution in [0.3, 0.4) is 0 Å². The van der Waals surface area contributed by atoms with Crippen LogP contribution in [0.4, 0.5) is 5.69 Å². The average Bonchev–Trinajstić information content (AvgIpc) is 2.65. The van der Waals surface area contributed by atoms with Crippen molar-refractivity contribution in [2.45, 2.75) is 31.7 Å². The lowest BCUT2D eigenvalue weighted by Gasteiger charge is -2.18. The Morgan fingerprint density at radius 3 is 3.06 bits per heavy atom. The molecule has 0 spiro atoms. The Labute approximate surface area is 104 Å². The van der Waals surface area contributed by atoms with Crippen molar-refractivity contribution in [1.29, 1.82) is 0 Å². The zero-order valence-electron chi connectivity index (χ0n) is 10.5. The molecule has 1 fully saturated rings. The molecule has 2 N–H and O–H groups in total. The zero-order chi connectivity index (χ0) is 11.9. The summed E-state index contributed by atoms with van der Waals surface area (Å²) in [4.78, 5) is 0. The molecule has 3 nitrogen and oxygen atoms in total. The summed E-state index contributed by atoms with van der Waals surface area (Å²) in [5.74, 6) is 0.918. The monoisotopic (exact) mass is 234 g/mol. The normalized spacial score (nSPS) is 20.6. The van der Waals surface area contributed by atoms with Crippen LogP contribution in [0.25, 0.3) is 0 Å². The topological polar surface area (TPSA) is 33.3 Å². The Morgan fingerprint density at radius 1 is 1.29 bits per heavy atom. The van der Waals surface area contributed by atoms with Crippen molar-refractivity contribution in [3.05, 3.63) is 24.3 Å². The molecule has 0 bridgehead atoms. The van der Waals surface area contributed by atoms with Crippen molar-refractivity contribution in [3.63, 3.8) is 0 Å². The van der Waals surface area contributed by atoms with E-state index in [0.717, 1.165) is 24.5 Å². The van der Waals surface area contributed by atoms with Crippen LogP contribution in [0, 0.1) is 0 Å². The van der Waals surface area contributed by atoms with Crippen molar-refractivity contribution < 1.29 is 4.74 Å². The lowest BCUT2D eigenvalue weighted by Crippen LogP contribution is -2.34. The lowest BCUT2D eigenvalue weighted by molar-refractivity contribution is 0.416. The van der Waals surface area contributed by atoms with Gasteiger partial charge in [0.15, 0.2) is 0 Å². The van der Waals surface area contributed by atoms with Gasteiger partial charge in [-0.1, -0.05) is 25.0 Å². The molecular formula is C14H22N2O. The lowest BCUT2D eigenvalue weighted by atomic mass is 10.1. The molecule has 0 aromatic heterocycles. The second kappa shape index (κ2) is 6.50. The quantitative estimate of drug-likeness (QED) is 0.840. The molecule has 1 saturated heterocycles. The van der Waals surface area contributed by atoms with Crippen molar-refractivity contribution >= 4 is 5.69 Å². The van der Waals surface area contributed by atoms with Crippen LogP contribution in [-0.4, -0.2) is 26.2 Å². The van der Waals surface area contributed by atoms with Gasteiger partial charge in [0.1, 0.15) is 5.75 Å². The van der Waals surface area contributed by atoms with E-state index in [1.54, 1.807) is 7.11 Å². The number of ether oxygens (including phenoxy) is 1. The fourth-order valence-corrected chi connectivity index (χ4v) is 2.30. The molecule has 0 amide bonds. The maximum atomic E-state index is 5.33.